The Labute approximate surface area is 162 Å². The van der Waals surface area contributed by atoms with Crippen LogP contribution in [0.2, 0.25) is 0 Å². The molecule has 0 saturated heterocycles. The van der Waals surface area contributed by atoms with E-state index in [9.17, 15) is 9.59 Å². The van der Waals surface area contributed by atoms with E-state index in [-0.39, 0.29) is 12.5 Å². The Kier molecular flexibility index (Phi) is 4.85. The van der Waals surface area contributed by atoms with Gasteiger partial charge in [-0.25, -0.2) is 4.79 Å². The summed E-state index contributed by atoms with van der Waals surface area (Å²) in [6.45, 7) is -0.207. The van der Waals surface area contributed by atoms with E-state index in [1.54, 1.807) is 31.4 Å². The summed E-state index contributed by atoms with van der Waals surface area (Å²) in [5.74, 6) is 1.27. The maximum Gasteiger partial charge on any atom is 0.349 e. The second-order valence-electron chi connectivity index (χ2n) is 6.50. The average Bonchev–Trinajstić information content (AvgIpc) is 2.71. The number of aryl methyl sites for hydroxylation is 1. The Morgan fingerprint density at radius 1 is 0.929 bits per heavy atom. The molecule has 1 aliphatic rings. The van der Waals surface area contributed by atoms with Crippen LogP contribution in [0.5, 0.6) is 17.2 Å². The molecule has 3 aromatic rings. The molecule has 4 rings (SSSR count). The number of hydrogen-bond donors (Lipinski definition) is 1. The lowest BCUT2D eigenvalue weighted by molar-refractivity contribution is -0.136. The molecule has 0 unspecified atom stereocenters. The highest BCUT2D eigenvalue weighted by molar-refractivity contribution is 5.94. The van der Waals surface area contributed by atoms with Crippen LogP contribution in [-0.2, 0) is 16.0 Å². The minimum Gasteiger partial charge on any atom is -0.497 e. The van der Waals surface area contributed by atoms with Gasteiger partial charge in [0.25, 0.3) is 0 Å². The SMILES string of the molecule is COc1ccc2ccc(OC(=O)COc3ccc4c(c3)CCC(=O)N4)cc2c1. The molecule has 142 valence electrons. The third-order valence-electron chi connectivity index (χ3n) is 4.58. The highest BCUT2D eigenvalue weighted by atomic mass is 16.6. The van der Waals surface area contributed by atoms with Crippen molar-refractivity contribution in [2.45, 2.75) is 12.8 Å². The summed E-state index contributed by atoms with van der Waals surface area (Å²) in [6, 6.07) is 16.5. The molecular formula is C22H19NO5. The first-order valence-corrected chi connectivity index (χ1v) is 8.95. The number of rotatable bonds is 5. The van der Waals surface area contributed by atoms with Crippen molar-refractivity contribution < 1.29 is 23.8 Å². The van der Waals surface area contributed by atoms with Crippen LogP contribution < -0.4 is 19.5 Å². The molecule has 6 heteroatoms. The number of esters is 1. The fraction of sp³-hybridized carbons (Fsp3) is 0.182. The lowest BCUT2D eigenvalue weighted by Crippen LogP contribution is -2.20. The average molecular weight is 377 g/mol. The molecule has 0 aliphatic carbocycles. The van der Waals surface area contributed by atoms with Crippen LogP contribution in [0.4, 0.5) is 5.69 Å². The lowest BCUT2D eigenvalue weighted by Gasteiger charge is -2.17. The van der Waals surface area contributed by atoms with Crippen molar-refractivity contribution in [3.63, 3.8) is 0 Å². The highest BCUT2D eigenvalue weighted by Crippen LogP contribution is 2.27. The van der Waals surface area contributed by atoms with Crippen molar-refractivity contribution in [2.24, 2.45) is 0 Å². The zero-order chi connectivity index (χ0) is 19.5. The number of hydrogen-bond acceptors (Lipinski definition) is 5. The van der Waals surface area contributed by atoms with Gasteiger partial charge in [0.15, 0.2) is 6.61 Å². The van der Waals surface area contributed by atoms with Gasteiger partial charge >= 0.3 is 5.97 Å². The zero-order valence-electron chi connectivity index (χ0n) is 15.4. The predicted octanol–water partition coefficient (Wildman–Crippen LogP) is 3.72. The third-order valence-corrected chi connectivity index (χ3v) is 4.58. The zero-order valence-corrected chi connectivity index (χ0v) is 15.4. The molecule has 28 heavy (non-hydrogen) atoms. The van der Waals surface area contributed by atoms with Crippen LogP contribution in [0.15, 0.2) is 54.6 Å². The Morgan fingerprint density at radius 2 is 1.68 bits per heavy atom. The monoisotopic (exact) mass is 377 g/mol. The van der Waals surface area contributed by atoms with Gasteiger partial charge in [-0.3, -0.25) is 4.79 Å². The summed E-state index contributed by atoms with van der Waals surface area (Å²) in [5.41, 5.74) is 1.78. The molecule has 6 nitrogen and oxygen atoms in total. The van der Waals surface area contributed by atoms with E-state index < -0.39 is 5.97 Å². The Balaban J connectivity index is 1.39. The molecule has 0 saturated carbocycles. The van der Waals surface area contributed by atoms with Gasteiger partial charge in [0.1, 0.15) is 17.2 Å². The second-order valence-corrected chi connectivity index (χ2v) is 6.50. The van der Waals surface area contributed by atoms with E-state index in [4.69, 9.17) is 14.2 Å². The largest absolute Gasteiger partial charge is 0.497 e. The summed E-state index contributed by atoms with van der Waals surface area (Å²) in [5, 5.41) is 4.76. The smallest absolute Gasteiger partial charge is 0.349 e. The molecule has 1 heterocycles. The normalized spacial score (nSPS) is 12.8. The van der Waals surface area contributed by atoms with Crippen LogP contribution in [-0.4, -0.2) is 25.6 Å². The first-order chi connectivity index (χ1) is 13.6. The fourth-order valence-electron chi connectivity index (χ4n) is 3.15. The number of ether oxygens (including phenoxy) is 3. The minimum absolute atomic E-state index is 0.0118. The number of amides is 1. The molecule has 3 aromatic carbocycles. The van der Waals surface area contributed by atoms with E-state index >= 15 is 0 Å². The highest BCUT2D eigenvalue weighted by Gasteiger charge is 2.15. The summed E-state index contributed by atoms with van der Waals surface area (Å²) in [7, 11) is 1.61. The maximum absolute atomic E-state index is 12.1. The van der Waals surface area contributed by atoms with Crippen molar-refractivity contribution in [3.05, 3.63) is 60.2 Å². The van der Waals surface area contributed by atoms with Gasteiger partial charge in [0.2, 0.25) is 5.91 Å². The van der Waals surface area contributed by atoms with Gasteiger partial charge in [-0.05, 0) is 65.2 Å². The number of fused-ring (bicyclic) bond motifs is 2. The first kappa shape index (κ1) is 17.9. The maximum atomic E-state index is 12.1. The Bertz CT molecular complexity index is 1060. The molecule has 0 bridgehead atoms. The van der Waals surface area contributed by atoms with Crippen molar-refractivity contribution in [2.75, 3.05) is 19.0 Å². The van der Waals surface area contributed by atoms with Crippen molar-refractivity contribution in [1.82, 2.24) is 0 Å². The van der Waals surface area contributed by atoms with Crippen LogP contribution >= 0.6 is 0 Å². The molecule has 0 spiro atoms. The fourth-order valence-corrected chi connectivity index (χ4v) is 3.15. The van der Waals surface area contributed by atoms with Gasteiger partial charge in [-0.15, -0.1) is 0 Å². The molecule has 1 N–H and O–H groups in total. The van der Waals surface area contributed by atoms with Crippen molar-refractivity contribution >= 4 is 28.3 Å². The van der Waals surface area contributed by atoms with E-state index in [0.717, 1.165) is 27.8 Å². The molecule has 1 aliphatic heterocycles. The van der Waals surface area contributed by atoms with Gasteiger partial charge < -0.3 is 19.5 Å². The van der Waals surface area contributed by atoms with E-state index in [1.165, 1.54) is 0 Å². The predicted molar refractivity (Wildman–Crippen MR) is 105 cm³/mol. The van der Waals surface area contributed by atoms with E-state index in [0.29, 0.717) is 24.3 Å². The van der Waals surface area contributed by atoms with Crippen LogP contribution in [0, 0.1) is 0 Å². The third kappa shape index (κ3) is 3.91. The number of carbonyl (C=O) groups is 2. The summed E-state index contributed by atoms with van der Waals surface area (Å²) >= 11 is 0. The van der Waals surface area contributed by atoms with Gasteiger partial charge in [-0.1, -0.05) is 12.1 Å². The van der Waals surface area contributed by atoms with Crippen LogP contribution in [0.3, 0.4) is 0 Å². The van der Waals surface area contributed by atoms with Crippen LogP contribution in [0.1, 0.15) is 12.0 Å². The van der Waals surface area contributed by atoms with Crippen molar-refractivity contribution in [3.8, 4) is 17.2 Å². The lowest BCUT2D eigenvalue weighted by atomic mass is 10.0. The quantitative estimate of drug-likeness (QED) is 0.542. The number of nitrogens with one attached hydrogen (secondary N) is 1. The molecule has 1 amide bonds. The molecule has 0 radical (unpaired) electrons. The molecular weight excluding hydrogens is 358 g/mol. The summed E-state index contributed by atoms with van der Waals surface area (Å²) in [6.07, 6.45) is 1.11. The molecule has 0 atom stereocenters. The first-order valence-electron chi connectivity index (χ1n) is 8.95. The van der Waals surface area contributed by atoms with Gasteiger partial charge in [0, 0.05) is 12.1 Å². The van der Waals surface area contributed by atoms with Gasteiger partial charge in [-0.2, -0.15) is 0 Å². The van der Waals surface area contributed by atoms with Crippen LogP contribution in [0.25, 0.3) is 10.8 Å². The number of carbonyl (C=O) groups excluding carboxylic acids is 2. The number of anilines is 1. The topological polar surface area (TPSA) is 73.9 Å². The summed E-state index contributed by atoms with van der Waals surface area (Å²) in [4.78, 5) is 23.6. The number of methoxy groups -OCH3 is 1. The van der Waals surface area contributed by atoms with E-state index in [1.807, 2.05) is 30.3 Å². The Hall–Kier alpha value is -3.54. The summed E-state index contributed by atoms with van der Waals surface area (Å²) < 4.78 is 16.2. The molecule has 0 aromatic heterocycles. The second kappa shape index (κ2) is 7.60. The van der Waals surface area contributed by atoms with E-state index in [2.05, 4.69) is 5.32 Å². The standard InChI is InChI=1S/C22H19NO5/c1-26-17-5-2-14-3-6-19(12-16(14)11-17)28-22(25)13-27-18-7-8-20-15(10-18)4-9-21(24)23-20/h2-3,5-8,10-12H,4,9,13H2,1H3,(H,23,24). The van der Waals surface area contributed by atoms with Gasteiger partial charge in [0.05, 0.1) is 7.11 Å². The van der Waals surface area contributed by atoms with Crippen molar-refractivity contribution in [1.29, 1.82) is 0 Å². The minimum atomic E-state index is -0.492. The molecule has 0 fully saturated rings. The number of benzene rings is 3. The Morgan fingerprint density at radius 3 is 2.50 bits per heavy atom.